The number of alkyl halides is 6. The number of carbonyl (C=O) groups excluding carboxylic acids is 1. The number of para-hydroxylation sites is 1. The quantitative estimate of drug-likeness (QED) is 0.202. The number of hydrogen-bond donors (Lipinski definition) is 1. The fraction of sp³-hybridized carbons (Fsp3) is 0.300. The number of halogens is 6. The van der Waals surface area contributed by atoms with Gasteiger partial charge in [-0.1, -0.05) is 36.4 Å². The van der Waals surface area contributed by atoms with E-state index < -0.39 is 56.9 Å². The molecule has 5 rings (SSSR count). The van der Waals surface area contributed by atoms with Crippen molar-refractivity contribution in [1.29, 1.82) is 0 Å². The first kappa shape index (κ1) is 30.6. The SMILES string of the molecule is O=C(CN(C1CC1)S(=O)(=O)c1cccc(C(F)(F)F)c1)N(CCc1c[nH]c2ccccc12)Cc1ccc(C(F)(F)F)cc1. The van der Waals surface area contributed by atoms with E-state index in [0.717, 1.165) is 51.1 Å². The molecule has 228 valence electrons. The molecule has 3 aromatic carbocycles. The van der Waals surface area contributed by atoms with Crippen molar-refractivity contribution in [3.8, 4) is 0 Å². The smallest absolute Gasteiger partial charge is 0.361 e. The van der Waals surface area contributed by atoms with Gasteiger partial charge in [0.1, 0.15) is 0 Å². The zero-order valence-electron chi connectivity index (χ0n) is 22.6. The lowest BCUT2D eigenvalue weighted by Crippen LogP contribution is -2.44. The molecule has 0 aliphatic heterocycles. The first-order valence-corrected chi connectivity index (χ1v) is 14.9. The van der Waals surface area contributed by atoms with Crippen LogP contribution in [0.25, 0.3) is 10.9 Å². The van der Waals surface area contributed by atoms with E-state index in [1.807, 2.05) is 24.3 Å². The highest BCUT2D eigenvalue weighted by atomic mass is 32.2. The lowest BCUT2D eigenvalue weighted by atomic mass is 10.1. The third-order valence-corrected chi connectivity index (χ3v) is 9.24. The van der Waals surface area contributed by atoms with Crippen LogP contribution in [0.3, 0.4) is 0 Å². The third-order valence-electron chi connectivity index (χ3n) is 7.35. The molecule has 0 radical (unpaired) electrons. The number of H-pyrrole nitrogens is 1. The van der Waals surface area contributed by atoms with E-state index in [1.54, 1.807) is 6.20 Å². The number of fused-ring (bicyclic) bond motifs is 1. The molecular weight excluding hydrogens is 596 g/mol. The van der Waals surface area contributed by atoms with Crippen LogP contribution in [0.4, 0.5) is 26.3 Å². The van der Waals surface area contributed by atoms with E-state index in [9.17, 15) is 39.6 Å². The molecule has 1 aliphatic rings. The summed E-state index contributed by atoms with van der Waals surface area (Å²) < 4.78 is 107. The Morgan fingerprint density at radius 3 is 2.19 bits per heavy atom. The summed E-state index contributed by atoms with van der Waals surface area (Å²) in [4.78, 5) is 17.6. The van der Waals surface area contributed by atoms with Crippen molar-refractivity contribution in [2.45, 2.75) is 49.1 Å². The summed E-state index contributed by atoms with van der Waals surface area (Å²) in [6, 6.07) is 14.7. The average Bonchev–Trinajstić information content (AvgIpc) is 3.72. The van der Waals surface area contributed by atoms with E-state index in [4.69, 9.17) is 0 Å². The van der Waals surface area contributed by atoms with Gasteiger partial charge in [0.2, 0.25) is 15.9 Å². The average molecular weight is 624 g/mol. The van der Waals surface area contributed by atoms with Crippen molar-refractivity contribution < 1.29 is 39.6 Å². The highest BCUT2D eigenvalue weighted by Crippen LogP contribution is 2.35. The van der Waals surface area contributed by atoms with Gasteiger partial charge in [-0.3, -0.25) is 4.79 Å². The Morgan fingerprint density at radius 2 is 1.53 bits per heavy atom. The molecule has 1 amide bonds. The Morgan fingerprint density at radius 1 is 0.860 bits per heavy atom. The Bertz CT molecular complexity index is 1710. The Balaban J connectivity index is 1.41. The number of rotatable bonds is 10. The van der Waals surface area contributed by atoms with Crippen molar-refractivity contribution in [1.82, 2.24) is 14.2 Å². The summed E-state index contributed by atoms with van der Waals surface area (Å²) in [5.74, 6) is -0.623. The number of benzene rings is 3. The van der Waals surface area contributed by atoms with Crippen LogP contribution in [-0.4, -0.2) is 47.6 Å². The van der Waals surface area contributed by atoms with E-state index in [1.165, 1.54) is 17.0 Å². The molecule has 0 spiro atoms. The van der Waals surface area contributed by atoms with Gasteiger partial charge in [0, 0.05) is 36.2 Å². The van der Waals surface area contributed by atoms with Gasteiger partial charge in [0.25, 0.3) is 0 Å². The molecule has 0 saturated heterocycles. The molecule has 13 heteroatoms. The predicted octanol–water partition coefficient (Wildman–Crippen LogP) is 6.63. The monoisotopic (exact) mass is 623 g/mol. The standard InChI is InChI=1S/C30H27F6N3O3S/c31-29(32,33)22-10-8-20(9-11-22)18-38(15-14-21-17-37-27-7-2-1-6-26(21)27)28(40)19-39(24-12-13-24)43(41,42)25-5-3-4-23(16-25)30(34,35)36/h1-11,16-17,24,37H,12-15,18-19H2. The molecule has 43 heavy (non-hydrogen) atoms. The molecule has 1 N–H and O–H groups in total. The minimum atomic E-state index is -4.76. The third kappa shape index (κ3) is 7.04. The number of nitrogens with zero attached hydrogens (tertiary/aromatic N) is 2. The van der Waals surface area contributed by atoms with Crippen LogP contribution in [0.5, 0.6) is 0 Å². The van der Waals surface area contributed by atoms with Crippen LogP contribution in [0.2, 0.25) is 0 Å². The maximum absolute atomic E-state index is 13.7. The topological polar surface area (TPSA) is 73.5 Å². The molecule has 1 fully saturated rings. The summed E-state index contributed by atoms with van der Waals surface area (Å²) in [5, 5.41) is 0.927. The largest absolute Gasteiger partial charge is 0.416 e. The van der Waals surface area contributed by atoms with Crippen molar-refractivity contribution in [2.24, 2.45) is 0 Å². The normalized spacial score (nSPS) is 14.4. The zero-order valence-corrected chi connectivity index (χ0v) is 23.4. The maximum Gasteiger partial charge on any atom is 0.416 e. The van der Waals surface area contributed by atoms with Crippen molar-refractivity contribution >= 4 is 26.8 Å². The molecule has 1 aliphatic carbocycles. The van der Waals surface area contributed by atoms with Gasteiger partial charge >= 0.3 is 12.4 Å². The minimum absolute atomic E-state index is 0.0958. The van der Waals surface area contributed by atoms with Crippen LogP contribution >= 0.6 is 0 Å². The molecule has 6 nitrogen and oxygen atoms in total. The molecule has 1 saturated carbocycles. The number of sulfonamides is 1. The highest BCUT2D eigenvalue weighted by molar-refractivity contribution is 7.89. The number of hydrogen-bond acceptors (Lipinski definition) is 3. The first-order valence-electron chi connectivity index (χ1n) is 13.4. The number of aromatic nitrogens is 1. The van der Waals surface area contributed by atoms with Gasteiger partial charge in [0.05, 0.1) is 22.6 Å². The Labute approximate surface area is 244 Å². The number of amides is 1. The summed E-state index contributed by atoms with van der Waals surface area (Å²) in [6.45, 7) is -0.608. The van der Waals surface area contributed by atoms with Gasteiger partial charge in [0.15, 0.2) is 0 Å². The van der Waals surface area contributed by atoms with Crippen molar-refractivity contribution in [3.63, 3.8) is 0 Å². The molecular formula is C30H27F6N3O3S. The van der Waals surface area contributed by atoms with Crippen LogP contribution in [0, 0.1) is 0 Å². The first-order chi connectivity index (χ1) is 20.2. The number of carbonyl (C=O) groups is 1. The molecule has 0 atom stereocenters. The van der Waals surface area contributed by atoms with Crippen LogP contribution in [-0.2, 0) is 40.1 Å². The number of aromatic amines is 1. The van der Waals surface area contributed by atoms with E-state index in [2.05, 4.69) is 4.98 Å². The second-order valence-corrected chi connectivity index (χ2v) is 12.3. The number of nitrogens with one attached hydrogen (secondary N) is 1. The summed E-state index contributed by atoms with van der Waals surface area (Å²) in [7, 11) is -4.48. The van der Waals surface area contributed by atoms with Gasteiger partial charge < -0.3 is 9.88 Å². The molecule has 1 heterocycles. The fourth-order valence-corrected chi connectivity index (χ4v) is 6.56. The van der Waals surface area contributed by atoms with Gasteiger partial charge in [-0.05, 0) is 66.8 Å². The van der Waals surface area contributed by atoms with E-state index in [-0.39, 0.29) is 13.1 Å². The highest BCUT2D eigenvalue weighted by Gasteiger charge is 2.41. The van der Waals surface area contributed by atoms with Crippen molar-refractivity contribution in [2.75, 3.05) is 13.1 Å². The summed E-state index contributed by atoms with van der Waals surface area (Å²) in [5.41, 5.74) is 0.193. The van der Waals surface area contributed by atoms with Gasteiger partial charge in [-0.15, -0.1) is 0 Å². The van der Waals surface area contributed by atoms with Crippen LogP contribution in [0.1, 0.15) is 35.1 Å². The van der Waals surface area contributed by atoms with E-state index >= 15 is 0 Å². The summed E-state index contributed by atoms with van der Waals surface area (Å²) in [6.07, 6.45) is -6.25. The second kappa shape index (κ2) is 11.7. The second-order valence-electron chi connectivity index (χ2n) is 10.4. The molecule has 0 bridgehead atoms. The lowest BCUT2D eigenvalue weighted by molar-refractivity contribution is -0.138. The lowest BCUT2D eigenvalue weighted by Gasteiger charge is -2.28. The Hall–Kier alpha value is -3.84. The van der Waals surface area contributed by atoms with Crippen molar-refractivity contribution in [3.05, 3.63) is 101 Å². The van der Waals surface area contributed by atoms with Gasteiger partial charge in [-0.25, -0.2) is 8.42 Å². The minimum Gasteiger partial charge on any atom is -0.361 e. The van der Waals surface area contributed by atoms with Gasteiger partial charge in [-0.2, -0.15) is 30.6 Å². The predicted molar refractivity (Wildman–Crippen MR) is 147 cm³/mol. The van der Waals surface area contributed by atoms with E-state index in [0.29, 0.717) is 30.9 Å². The Kier molecular flexibility index (Phi) is 8.32. The van der Waals surface area contributed by atoms with Crippen LogP contribution < -0.4 is 0 Å². The maximum atomic E-state index is 13.7. The zero-order chi connectivity index (χ0) is 31.0. The fourth-order valence-electron chi connectivity index (χ4n) is 4.88. The molecule has 1 aromatic heterocycles. The molecule has 0 unspecified atom stereocenters. The summed E-state index contributed by atoms with van der Waals surface area (Å²) >= 11 is 0. The molecule has 4 aromatic rings. The van der Waals surface area contributed by atoms with Crippen LogP contribution in [0.15, 0.2) is 83.9 Å².